The van der Waals surface area contributed by atoms with E-state index >= 15 is 0 Å². The molecule has 0 aromatic carbocycles. The zero-order valence-corrected chi connectivity index (χ0v) is 12.0. The summed E-state index contributed by atoms with van der Waals surface area (Å²) >= 11 is 6.79. The number of aliphatic hydroxyl groups excluding tert-OH is 1. The number of allylic oxidation sites excluding steroid dienone is 1. The van der Waals surface area contributed by atoms with E-state index in [1.165, 1.54) is 6.42 Å². The van der Waals surface area contributed by atoms with Crippen LogP contribution in [0.1, 0.15) is 37.5 Å². The first-order valence-electron chi connectivity index (χ1n) is 5.36. The van der Waals surface area contributed by atoms with Crippen molar-refractivity contribution < 1.29 is 5.11 Å². The van der Waals surface area contributed by atoms with E-state index in [9.17, 15) is 5.11 Å². The average molecular weight is 347 g/mol. The number of pyridine rings is 1. The van der Waals surface area contributed by atoms with Crippen LogP contribution in [0.4, 0.5) is 0 Å². The van der Waals surface area contributed by atoms with Crippen LogP contribution in [0.15, 0.2) is 32.9 Å². The molecule has 0 fully saturated rings. The Labute approximate surface area is 112 Å². The number of hydrogen-bond acceptors (Lipinski definition) is 2. The summed E-state index contributed by atoms with van der Waals surface area (Å²) in [5.74, 6) is 0. The van der Waals surface area contributed by atoms with Crippen LogP contribution >= 0.6 is 31.9 Å². The van der Waals surface area contributed by atoms with Crippen molar-refractivity contribution >= 4 is 31.9 Å². The van der Waals surface area contributed by atoms with Gasteiger partial charge in [-0.3, -0.25) is 4.98 Å². The summed E-state index contributed by atoms with van der Waals surface area (Å²) in [5.41, 5.74) is 1.80. The van der Waals surface area contributed by atoms with Crippen molar-refractivity contribution in [3.8, 4) is 0 Å². The summed E-state index contributed by atoms with van der Waals surface area (Å²) in [6, 6.07) is 1.91. The molecule has 1 unspecified atom stereocenters. The molecule has 0 saturated heterocycles. The molecule has 0 spiro atoms. The zero-order chi connectivity index (χ0) is 11.5. The normalized spacial score (nSPS) is 18.1. The van der Waals surface area contributed by atoms with Gasteiger partial charge < -0.3 is 5.11 Å². The average Bonchev–Trinajstić information content (AvgIpc) is 2.29. The first-order chi connectivity index (χ1) is 7.68. The zero-order valence-electron chi connectivity index (χ0n) is 8.79. The summed E-state index contributed by atoms with van der Waals surface area (Å²) in [6.07, 6.45) is 7.73. The van der Waals surface area contributed by atoms with E-state index in [-0.39, 0.29) is 0 Å². The van der Waals surface area contributed by atoms with Crippen LogP contribution in [-0.2, 0) is 0 Å². The minimum Gasteiger partial charge on any atom is -0.382 e. The summed E-state index contributed by atoms with van der Waals surface area (Å²) in [6.45, 7) is 0. The maximum Gasteiger partial charge on any atom is 0.118 e. The smallest absolute Gasteiger partial charge is 0.118 e. The van der Waals surface area contributed by atoms with Crippen LogP contribution in [0.25, 0.3) is 0 Å². The second-order valence-electron chi connectivity index (χ2n) is 3.95. The van der Waals surface area contributed by atoms with Crippen LogP contribution in [-0.4, -0.2) is 10.1 Å². The molecule has 0 aliphatic heterocycles. The Balaban J connectivity index is 2.26. The van der Waals surface area contributed by atoms with E-state index < -0.39 is 6.10 Å². The Morgan fingerprint density at radius 1 is 1.31 bits per heavy atom. The first-order valence-corrected chi connectivity index (χ1v) is 6.95. The molecule has 1 aliphatic rings. The third-order valence-corrected chi connectivity index (χ3v) is 3.84. The molecular formula is C12H13Br2NO. The molecule has 1 aliphatic carbocycles. The molecule has 2 nitrogen and oxygen atoms in total. The molecule has 0 saturated carbocycles. The molecule has 16 heavy (non-hydrogen) atoms. The van der Waals surface area contributed by atoms with Gasteiger partial charge in [0.15, 0.2) is 0 Å². The lowest BCUT2D eigenvalue weighted by Gasteiger charge is -2.19. The van der Waals surface area contributed by atoms with Gasteiger partial charge in [0.2, 0.25) is 0 Å². The Morgan fingerprint density at radius 2 is 2.12 bits per heavy atom. The largest absolute Gasteiger partial charge is 0.382 e. The van der Waals surface area contributed by atoms with Crippen molar-refractivity contribution in [2.75, 3.05) is 0 Å². The highest BCUT2D eigenvalue weighted by atomic mass is 79.9. The van der Waals surface area contributed by atoms with Crippen molar-refractivity contribution in [3.05, 3.63) is 38.6 Å². The van der Waals surface area contributed by atoms with Crippen molar-refractivity contribution in [2.45, 2.75) is 31.8 Å². The van der Waals surface area contributed by atoms with Gasteiger partial charge in [0.05, 0.1) is 5.69 Å². The molecule has 4 heteroatoms. The van der Waals surface area contributed by atoms with E-state index in [1.807, 2.05) is 6.07 Å². The Hall–Kier alpha value is -0.190. The maximum atomic E-state index is 10.2. The van der Waals surface area contributed by atoms with E-state index in [0.29, 0.717) is 5.69 Å². The number of rotatable bonds is 2. The lowest BCUT2D eigenvalue weighted by atomic mass is 9.94. The van der Waals surface area contributed by atoms with E-state index in [2.05, 4.69) is 42.9 Å². The Bertz CT molecular complexity index is 417. The quantitative estimate of drug-likeness (QED) is 0.816. The number of nitrogens with zero attached hydrogens (tertiary/aromatic N) is 1. The van der Waals surface area contributed by atoms with Crippen molar-refractivity contribution in [1.82, 2.24) is 4.98 Å². The van der Waals surface area contributed by atoms with Crippen LogP contribution in [0.2, 0.25) is 0 Å². The first kappa shape index (κ1) is 12.3. The molecule has 86 valence electrons. The minimum atomic E-state index is -0.567. The predicted octanol–water partition coefficient (Wildman–Crippen LogP) is 4.14. The van der Waals surface area contributed by atoms with Gasteiger partial charge in [0, 0.05) is 15.1 Å². The van der Waals surface area contributed by atoms with Gasteiger partial charge in [-0.1, -0.05) is 6.08 Å². The molecule has 1 aromatic rings. The number of hydrogen-bond donors (Lipinski definition) is 1. The van der Waals surface area contributed by atoms with E-state index in [4.69, 9.17) is 0 Å². The van der Waals surface area contributed by atoms with Gasteiger partial charge in [-0.25, -0.2) is 0 Å². The second-order valence-corrected chi connectivity index (χ2v) is 5.72. The highest BCUT2D eigenvalue weighted by molar-refractivity contribution is 9.11. The summed E-state index contributed by atoms with van der Waals surface area (Å²) < 4.78 is 1.76. The standard InChI is InChI=1S/C12H13Br2NO/c13-9-6-10(14)11(15-7-9)12(16)8-4-2-1-3-5-8/h4,6-7,12,16H,1-3,5H2. The third kappa shape index (κ3) is 2.73. The van der Waals surface area contributed by atoms with Crippen LogP contribution in [0.5, 0.6) is 0 Å². The molecule has 1 heterocycles. The SMILES string of the molecule is OC(C1=CCCCC1)c1ncc(Br)cc1Br. The van der Waals surface area contributed by atoms with Crippen LogP contribution < -0.4 is 0 Å². The third-order valence-electron chi connectivity index (χ3n) is 2.77. The highest BCUT2D eigenvalue weighted by Gasteiger charge is 2.19. The van der Waals surface area contributed by atoms with Crippen molar-refractivity contribution in [1.29, 1.82) is 0 Å². The van der Waals surface area contributed by atoms with Crippen LogP contribution in [0.3, 0.4) is 0 Å². The van der Waals surface area contributed by atoms with Crippen molar-refractivity contribution in [2.24, 2.45) is 0 Å². The summed E-state index contributed by atoms with van der Waals surface area (Å²) in [5, 5.41) is 10.2. The van der Waals surface area contributed by atoms with Gasteiger partial charge in [0.1, 0.15) is 6.10 Å². The molecular weight excluding hydrogens is 334 g/mol. The molecule has 0 bridgehead atoms. The topological polar surface area (TPSA) is 33.1 Å². The van der Waals surface area contributed by atoms with E-state index in [1.54, 1.807) is 6.20 Å². The lowest BCUT2D eigenvalue weighted by molar-refractivity contribution is 0.202. The second kappa shape index (κ2) is 5.43. The summed E-state index contributed by atoms with van der Waals surface area (Å²) in [4.78, 5) is 4.27. The Morgan fingerprint density at radius 3 is 2.75 bits per heavy atom. The van der Waals surface area contributed by atoms with Gasteiger partial charge >= 0.3 is 0 Å². The molecule has 0 radical (unpaired) electrons. The van der Waals surface area contributed by atoms with Gasteiger partial charge in [-0.05, 0) is 69.2 Å². The molecule has 0 amide bonds. The molecule has 1 aromatic heterocycles. The van der Waals surface area contributed by atoms with Crippen LogP contribution in [0, 0.1) is 0 Å². The van der Waals surface area contributed by atoms with E-state index in [0.717, 1.165) is 33.8 Å². The number of halogens is 2. The van der Waals surface area contributed by atoms with Gasteiger partial charge in [0.25, 0.3) is 0 Å². The van der Waals surface area contributed by atoms with Gasteiger partial charge in [-0.15, -0.1) is 0 Å². The fourth-order valence-electron chi connectivity index (χ4n) is 1.91. The fourth-order valence-corrected chi connectivity index (χ4v) is 3.12. The summed E-state index contributed by atoms with van der Waals surface area (Å²) in [7, 11) is 0. The minimum absolute atomic E-state index is 0.567. The molecule has 1 atom stereocenters. The number of aliphatic hydroxyl groups is 1. The predicted molar refractivity (Wildman–Crippen MR) is 71.1 cm³/mol. The molecule has 2 rings (SSSR count). The highest BCUT2D eigenvalue weighted by Crippen LogP contribution is 2.33. The fraction of sp³-hybridized carbons (Fsp3) is 0.417. The monoisotopic (exact) mass is 345 g/mol. The molecule has 1 N–H and O–H groups in total. The lowest BCUT2D eigenvalue weighted by Crippen LogP contribution is -2.07. The number of aromatic nitrogens is 1. The maximum absolute atomic E-state index is 10.2. The van der Waals surface area contributed by atoms with Crippen molar-refractivity contribution in [3.63, 3.8) is 0 Å². The van der Waals surface area contributed by atoms with Gasteiger partial charge in [-0.2, -0.15) is 0 Å². The Kier molecular flexibility index (Phi) is 4.16.